The van der Waals surface area contributed by atoms with Crippen molar-refractivity contribution >= 4 is 11.3 Å². The van der Waals surface area contributed by atoms with Gasteiger partial charge in [-0.15, -0.1) is 11.3 Å². The highest BCUT2D eigenvalue weighted by Crippen LogP contribution is 2.30. The second-order valence-corrected chi connectivity index (χ2v) is 7.63. The average Bonchev–Trinajstić information content (AvgIpc) is 2.92. The molecular formula is C17H30N2S. The van der Waals surface area contributed by atoms with Crippen LogP contribution in [-0.2, 0) is 6.54 Å². The van der Waals surface area contributed by atoms with Crippen molar-refractivity contribution in [3.05, 3.63) is 22.4 Å². The Balaban J connectivity index is 2.10. The SMILES string of the molecule is CCC1(CC)CNC(CC(C)C)CN1Cc1cccs1. The Morgan fingerprint density at radius 1 is 1.40 bits per heavy atom. The summed E-state index contributed by atoms with van der Waals surface area (Å²) >= 11 is 1.89. The highest BCUT2D eigenvalue weighted by molar-refractivity contribution is 7.09. The van der Waals surface area contributed by atoms with Crippen LogP contribution in [0, 0.1) is 5.92 Å². The maximum Gasteiger partial charge on any atom is 0.0334 e. The van der Waals surface area contributed by atoms with Crippen molar-refractivity contribution in [2.75, 3.05) is 13.1 Å². The first-order valence-electron chi connectivity index (χ1n) is 8.10. The molecule has 0 saturated carbocycles. The quantitative estimate of drug-likeness (QED) is 0.849. The van der Waals surface area contributed by atoms with Crippen LogP contribution in [0.2, 0.25) is 0 Å². The molecule has 0 bridgehead atoms. The Hall–Kier alpha value is -0.380. The van der Waals surface area contributed by atoms with E-state index in [4.69, 9.17) is 0 Å². The van der Waals surface area contributed by atoms with Crippen molar-refractivity contribution < 1.29 is 0 Å². The fraction of sp³-hybridized carbons (Fsp3) is 0.765. The minimum absolute atomic E-state index is 0.345. The third kappa shape index (κ3) is 3.63. The molecule has 3 heteroatoms. The minimum Gasteiger partial charge on any atom is -0.311 e. The van der Waals surface area contributed by atoms with Gasteiger partial charge in [-0.1, -0.05) is 33.8 Å². The topological polar surface area (TPSA) is 15.3 Å². The van der Waals surface area contributed by atoms with Gasteiger partial charge in [-0.3, -0.25) is 4.90 Å². The number of nitrogens with zero attached hydrogens (tertiary/aromatic N) is 1. The zero-order valence-corrected chi connectivity index (χ0v) is 14.3. The molecule has 20 heavy (non-hydrogen) atoms. The molecule has 1 N–H and O–H groups in total. The van der Waals surface area contributed by atoms with Crippen LogP contribution in [0.5, 0.6) is 0 Å². The molecule has 1 unspecified atom stereocenters. The number of thiophene rings is 1. The minimum atomic E-state index is 0.345. The highest BCUT2D eigenvalue weighted by atomic mass is 32.1. The maximum atomic E-state index is 3.81. The summed E-state index contributed by atoms with van der Waals surface area (Å²) in [5.74, 6) is 0.770. The number of piperazine rings is 1. The summed E-state index contributed by atoms with van der Waals surface area (Å²) in [4.78, 5) is 4.25. The van der Waals surface area contributed by atoms with E-state index in [1.807, 2.05) is 11.3 Å². The van der Waals surface area contributed by atoms with Crippen molar-refractivity contribution in [2.24, 2.45) is 5.92 Å². The smallest absolute Gasteiger partial charge is 0.0334 e. The lowest BCUT2D eigenvalue weighted by atomic mass is 9.86. The van der Waals surface area contributed by atoms with E-state index in [1.54, 1.807) is 0 Å². The summed E-state index contributed by atoms with van der Waals surface area (Å²) in [6.45, 7) is 12.8. The van der Waals surface area contributed by atoms with Gasteiger partial charge in [-0.05, 0) is 36.6 Å². The van der Waals surface area contributed by atoms with Crippen LogP contribution in [0.15, 0.2) is 17.5 Å². The van der Waals surface area contributed by atoms with Gasteiger partial charge in [0, 0.05) is 36.1 Å². The second kappa shape index (κ2) is 7.06. The molecule has 1 atom stereocenters. The molecule has 0 spiro atoms. The fourth-order valence-corrected chi connectivity index (χ4v) is 4.19. The highest BCUT2D eigenvalue weighted by Gasteiger charge is 2.38. The van der Waals surface area contributed by atoms with E-state index >= 15 is 0 Å². The molecule has 114 valence electrons. The molecule has 1 saturated heterocycles. The monoisotopic (exact) mass is 294 g/mol. The van der Waals surface area contributed by atoms with Crippen LogP contribution in [-0.4, -0.2) is 29.6 Å². The molecule has 2 rings (SSSR count). The van der Waals surface area contributed by atoms with Gasteiger partial charge in [0.1, 0.15) is 0 Å². The van der Waals surface area contributed by atoms with Crippen LogP contribution in [0.4, 0.5) is 0 Å². The molecule has 2 heterocycles. The van der Waals surface area contributed by atoms with Crippen molar-refractivity contribution in [2.45, 2.75) is 65.1 Å². The molecule has 1 aliphatic rings. The lowest BCUT2D eigenvalue weighted by Crippen LogP contribution is -2.63. The van der Waals surface area contributed by atoms with E-state index < -0.39 is 0 Å². The zero-order chi connectivity index (χ0) is 14.6. The van der Waals surface area contributed by atoms with E-state index in [1.165, 1.54) is 30.7 Å². The third-order valence-electron chi connectivity index (χ3n) is 4.83. The van der Waals surface area contributed by atoms with Crippen LogP contribution in [0.1, 0.15) is 51.8 Å². The molecular weight excluding hydrogens is 264 g/mol. The maximum absolute atomic E-state index is 3.81. The predicted molar refractivity (Wildman–Crippen MR) is 89.3 cm³/mol. The first-order chi connectivity index (χ1) is 9.59. The molecule has 1 aliphatic heterocycles. The second-order valence-electron chi connectivity index (χ2n) is 6.60. The average molecular weight is 295 g/mol. The Morgan fingerprint density at radius 3 is 2.70 bits per heavy atom. The standard InChI is InChI=1S/C17H30N2S/c1-5-17(6-2)13-18-15(10-14(3)4)11-19(17)12-16-8-7-9-20-16/h7-9,14-15,18H,5-6,10-13H2,1-4H3. The van der Waals surface area contributed by atoms with Gasteiger partial charge in [0.25, 0.3) is 0 Å². The van der Waals surface area contributed by atoms with Gasteiger partial charge in [0.2, 0.25) is 0 Å². The molecule has 0 aliphatic carbocycles. The summed E-state index contributed by atoms with van der Waals surface area (Å²) in [5, 5.41) is 6.01. The van der Waals surface area contributed by atoms with Crippen LogP contribution in [0.25, 0.3) is 0 Å². The number of rotatable bonds is 6. The third-order valence-corrected chi connectivity index (χ3v) is 5.69. The van der Waals surface area contributed by atoms with Crippen molar-refractivity contribution in [1.29, 1.82) is 0 Å². The van der Waals surface area contributed by atoms with E-state index in [-0.39, 0.29) is 0 Å². The van der Waals surface area contributed by atoms with Crippen LogP contribution >= 0.6 is 11.3 Å². The number of nitrogens with one attached hydrogen (secondary N) is 1. The van der Waals surface area contributed by atoms with Crippen LogP contribution in [0.3, 0.4) is 0 Å². The summed E-state index contributed by atoms with van der Waals surface area (Å²) in [5.41, 5.74) is 0.345. The Morgan fingerprint density at radius 2 is 2.15 bits per heavy atom. The summed E-state index contributed by atoms with van der Waals surface area (Å²) in [6, 6.07) is 5.11. The molecule has 1 aromatic rings. The fourth-order valence-electron chi connectivity index (χ4n) is 3.47. The van der Waals surface area contributed by atoms with E-state index in [0.29, 0.717) is 11.6 Å². The van der Waals surface area contributed by atoms with Gasteiger partial charge in [0.15, 0.2) is 0 Å². The predicted octanol–water partition coefficient (Wildman–Crippen LogP) is 4.13. The molecule has 0 aromatic carbocycles. The lowest BCUT2D eigenvalue weighted by molar-refractivity contribution is 0.0214. The van der Waals surface area contributed by atoms with Crippen molar-refractivity contribution in [3.8, 4) is 0 Å². The Kier molecular flexibility index (Phi) is 5.65. The van der Waals surface area contributed by atoms with Gasteiger partial charge in [-0.25, -0.2) is 0 Å². The normalized spacial score (nSPS) is 23.4. The molecule has 0 radical (unpaired) electrons. The van der Waals surface area contributed by atoms with E-state index in [0.717, 1.165) is 19.0 Å². The van der Waals surface area contributed by atoms with Crippen LogP contribution < -0.4 is 5.32 Å². The van der Waals surface area contributed by atoms with Crippen molar-refractivity contribution in [3.63, 3.8) is 0 Å². The molecule has 1 fully saturated rings. The summed E-state index contributed by atoms with van der Waals surface area (Å²) < 4.78 is 0. The van der Waals surface area contributed by atoms with Crippen molar-refractivity contribution in [1.82, 2.24) is 10.2 Å². The number of hydrogen-bond donors (Lipinski definition) is 1. The zero-order valence-electron chi connectivity index (χ0n) is 13.5. The van der Waals surface area contributed by atoms with Gasteiger partial charge < -0.3 is 5.32 Å². The number of hydrogen-bond acceptors (Lipinski definition) is 3. The lowest BCUT2D eigenvalue weighted by Gasteiger charge is -2.50. The molecule has 2 nitrogen and oxygen atoms in total. The largest absolute Gasteiger partial charge is 0.311 e. The van der Waals surface area contributed by atoms with E-state index in [9.17, 15) is 0 Å². The van der Waals surface area contributed by atoms with Gasteiger partial charge in [0.05, 0.1) is 0 Å². The molecule has 0 amide bonds. The molecule has 1 aromatic heterocycles. The Bertz CT molecular complexity index is 382. The summed E-state index contributed by atoms with van der Waals surface area (Å²) in [7, 11) is 0. The first kappa shape index (κ1) is 16.0. The van der Waals surface area contributed by atoms with Gasteiger partial charge in [-0.2, -0.15) is 0 Å². The van der Waals surface area contributed by atoms with Gasteiger partial charge >= 0.3 is 0 Å². The first-order valence-corrected chi connectivity index (χ1v) is 8.98. The summed E-state index contributed by atoms with van der Waals surface area (Å²) in [6.07, 6.45) is 3.75. The Labute approximate surface area is 128 Å². The van der Waals surface area contributed by atoms with E-state index in [2.05, 4.69) is 55.4 Å².